The fourth-order valence-corrected chi connectivity index (χ4v) is 0. The van der Waals surface area contributed by atoms with Gasteiger partial charge in [-0.3, -0.25) is 4.57 Å². The standard InChI is InChI=1S/C3H8BrO3P/c1-3(2,4)8(5,6)7/h1-2H3,(H2,5,6,7). The van der Waals surface area contributed by atoms with Crippen molar-refractivity contribution in [1.29, 1.82) is 0 Å². The molecule has 3 nitrogen and oxygen atoms in total. The van der Waals surface area contributed by atoms with Gasteiger partial charge in [0.1, 0.15) is 4.07 Å². The van der Waals surface area contributed by atoms with E-state index in [0.717, 1.165) is 0 Å². The number of halogens is 1. The van der Waals surface area contributed by atoms with Gasteiger partial charge in [0.25, 0.3) is 0 Å². The second-order valence-corrected chi connectivity index (χ2v) is 6.76. The van der Waals surface area contributed by atoms with Crippen LogP contribution in [0.1, 0.15) is 13.8 Å². The number of alkyl halides is 1. The Labute approximate surface area is 56.4 Å². The van der Waals surface area contributed by atoms with Gasteiger partial charge in [-0.15, -0.1) is 0 Å². The zero-order valence-corrected chi connectivity index (χ0v) is 7.11. The van der Waals surface area contributed by atoms with Crippen LogP contribution in [0.2, 0.25) is 0 Å². The van der Waals surface area contributed by atoms with E-state index in [1.165, 1.54) is 13.8 Å². The molecule has 8 heavy (non-hydrogen) atoms. The molecule has 0 amide bonds. The lowest BCUT2D eigenvalue weighted by atomic mass is 10.6. The molecular formula is C3H8BrO3P. The molecular weight excluding hydrogens is 195 g/mol. The van der Waals surface area contributed by atoms with Crippen LogP contribution in [0.4, 0.5) is 0 Å². The Kier molecular flexibility index (Phi) is 2.27. The van der Waals surface area contributed by atoms with Gasteiger partial charge in [0, 0.05) is 0 Å². The van der Waals surface area contributed by atoms with Gasteiger partial charge in [0.2, 0.25) is 0 Å². The minimum atomic E-state index is -3.93. The van der Waals surface area contributed by atoms with E-state index in [2.05, 4.69) is 15.9 Å². The molecule has 5 heteroatoms. The maximum atomic E-state index is 10.3. The summed E-state index contributed by atoms with van der Waals surface area (Å²) in [5.74, 6) is 0. The normalized spacial score (nSPS) is 14.1. The topological polar surface area (TPSA) is 57.5 Å². The van der Waals surface area contributed by atoms with Gasteiger partial charge in [0.15, 0.2) is 0 Å². The van der Waals surface area contributed by atoms with Crippen molar-refractivity contribution < 1.29 is 14.4 Å². The third kappa shape index (κ3) is 2.27. The Hall–Kier alpha value is 0.630. The highest BCUT2D eigenvalue weighted by molar-refractivity contribution is 9.11. The van der Waals surface area contributed by atoms with Crippen LogP contribution in [-0.4, -0.2) is 13.9 Å². The maximum absolute atomic E-state index is 10.3. The summed E-state index contributed by atoms with van der Waals surface area (Å²) in [5, 5.41) is 0. The Morgan fingerprint density at radius 1 is 1.50 bits per heavy atom. The van der Waals surface area contributed by atoms with E-state index in [-0.39, 0.29) is 0 Å². The van der Waals surface area contributed by atoms with Crippen LogP contribution < -0.4 is 0 Å². The second-order valence-electron chi connectivity index (χ2n) is 1.95. The summed E-state index contributed by atoms with van der Waals surface area (Å²) < 4.78 is 9.22. The molecule has 0 spiro atoms. The Morgan fingerprint density at radius 3 is 1.62 bits per heavy atom. The van der Waals surface area contributed by atoms with Crippen LogP contribution in [0.3, 0.4) is 0 Å². The monoisotopic (exact) mass is 202 g/mol. The van der Waals surface area contributed by atoms with E-state index in [4.69, 9.17) is 9.79 Å². The molecule has 0 aliphatic rings. The molecule has 0 rings (SSSR count). The summed E-state index contributed by atoms with van der Waals surface area (Å²) in [5.41, 5.74) is 0. The number of rotatable bonds is 1. The molecule has 0 atom stereocenters. The smallest absolute Gasteiger partial charge is 0.323 e. The SMILES string of the molecule is CC(C)(Br)P(=O)(O)O. The lowest BCUT2D eigenvalue weighted by Gasteiger charge is -2.16. The van der Waals surface area contributed by atoms with Gasteiger partial charge in [0.05, 0.1) is 0 Å². The first-order chi connectivity index (χ1) is 3.25. The van der Waals surface area contributed by atoms with Crippen molar-refractivity contribution in [1.82, 2.24) is 0 Å². The third-order valence-corrected chi connectivity index (χ3v) is 3.46. The number of hydrogen-bond donors (Lipinski definition) is 2. The lowest BCUT2D eigenvalue weighted by Crippen LogP contribution is -2.08. The van der Waals surface area contributed by atoms with Gasteiger partial charge in [-0.1, -0.05) is 15.9 Å². The van der Waals surface area contributed by atoms with Crippen LogP contribution in [-0.2, 0) is 4.57 Å². The van der Waals surface area contributed by atoms with E-state index >= 15 is 0 Å². The molecule has 0 bridgehead atoms. The molecule has 0 aliphatic heterocycles. The van der Waals surface area contributed by atoms with Gasteiger partial charge in [-0.25, -0.2) is 0 Å². The average Bonchev–Trinajstić information content (AvgIpc) is 1.25. The fraction of sp³-hybridized carbons (Fsp3) is 1.00. The molecule has 0 fully saturated rings. The Morgan fingerprint density at radius 2 is 1.62 bits per heavy atom. The second kappa shape index (κ2) is 2.10. The van der Waals surface area contributed by atoms with Crippen molar-refractivity contribution in [3.8, 4) is 0 Å². The molecule has 0 heterocycles. The van der Waals surface area contributed by atoms with E-state index in [1.54, 1.807) is 0 Å². The highest BCUT2D eigenvalue weighted by Gasteiger charge is 2.34. The first-order valence-electron chi connectivity index (χ1n) is 2.00. The predicted molar refractivity (Wildman–Crippen MR) is 35.1 cm³/mol. The molecule has 0 aromatic carbocycles. The summed E-state index contributed by atoms with van der Waals surface area (Å²) in [4.78, 5) is 16.8. The maximum Gasteiger partial charge on any atom is 0.341 e. The van der Waals surface area contributed by atoms with E-state index < -0.39 is 11.7 Å². The van der Waals surface area contributed by atoms with E-state index in [0.29, 0.717) is 0 Å². The Bertz CT molecular complexity index is 121. The number of hydrogen-bond acceptors (Lipinski definition) is 1. The van der Waals surface area contributed by atoms with Crippen molar-refractivity contribution >= 4 is 23.5 Å². The molecule has 0 unspecified atom stereocenters. The van der Waals surface area contributed by atoms with E-state index in [1.807, 2.05) is 0 Å². The molecule has 0 saturated carbocycles. The van der Waals surface area contributed by atoms with Crippen molar-refractivity contribution in [3.63, 3.8) is 0 Å². The van der Waals surface area contributed by atoms with Gasteiger partial charge in [-0.05, 0) is 13.8 Å². The molecule has 0 aromatic rings. The molecule has 0 radical (unpaired) electrons. The summed E-state index contributed by atoms with van der Waals surface area (Å²) in [7, 11) is -3.93. The first-order valence-corrected chi connectivity index (χ1v) is 4.40. The highest BCUT2D eigenvalue weighted by atomic mass is 79.9. The summed E-state index contributed by atoms with van der Waals surface area (Å²) in [6, 6.07) is 0. The molecule has 0 aromatic heterocycles. The van der Waals surface area contributed by atoms with Gasteiger partial charge < -0.3 is 9.79 Å². The van der Waals surface area contributed by atoms with Crippen molar-refractivity contribution in [2.75, 3.05) is 0 Å². The van der Waals surface area contributed by atoms with Crippen LogP contribution in [0.15, 0.2) is 0 Å². The van der Waals surface area contributed by atoms with Crippen LogP contribution in [0, 0.1) is 0 Å². The van der Waals surface area contributed by atoms with Gasteiger partial charge >= 0.3 is 7.60 Å². The highest BCUT2D eigenvalue weighted by Crippen LogP contribution is 2.53. The predicted octanol–water partition coefficient (Wildman–Crippen LogP) is 1.30. The summed E-state index contributed by atoms with van der Waals surface area (Å²) in [6.45, 7) is 2.85. The van der Waals surface area contributed by atoms with Crippen LogP contribution in [0.25, 0.3) is 0 Å². The zero-order chi connectivity index (χ0) is 7.00. The average molecular weight is 203 g/mol. The summed E-state index contributed by atoms with van der Waals surface area (Å²) in [6.07, 6.45) is 0. The summed E-state index contributed by atoms with van der Waals surface area (Å²) >= 11 is 2.84. The lowest BCUT2D eigenvalue weighted by molar-refractivity contribution is 0.359. The Balaban J connectivity index is 4.26. The third-order valence-electron chi connectivity index (χ3n) is 0.693. The van der Waals surface area contributed by atoms with Crippen molar-refractivity contribution in [2.24, 2.45) is 0 Å². The quantitative estimate of drug-likeness (QED) is 0.498. The first kappa shape index (κ1) is 8.63. The minimum absolute atomic E-state index is 1.08. The molecule has 50 valence electrons. The van der Waals surface area contributed by atoms with Gasteiger partial charge in [-0.2, -0.15) is 0 Å². The van der Waals surface area contributed by atoms with E-state index in [9.17, 15) is 4.57 Å². The molecule has 0 saturated heterocycles. The van der Waals surface area contributed by atoms with Crippen molar-refractivity contribution in [3.05, 3.63) is 0 Å². The fourth-order valence-electron chi connectivity index (χ4n) is 0. The largest absolute Gasteiger partial charge is 0.341 e. The van der Waals surface area contributed by atoms with Crippen LogP contribution in [0.5, 0.6) is 0 Å². The van der Waals surface area contributed by atoms with Crippen molar-refractivity contribution in [2.45, 2.75) is 17.9 Å². The molecule has 0 aliphatic carbocycles. The zero-order valence-electron chi connectivity index (χ0n) is 4.63. The molecule has 2 N–H and O–H groups in total. The van der Waals surface area contributed by atoms with Crippen LogP contribution >= 0.6 is 23.5 Å². The minimum Gasteiger partial charge on any atom is -0.323 e.